The van der Waals surface area contributed by atoms with Gasteiger partial charge in [-0.1, -0.05) is 24.3 Å². The molecule has 1 aromatic carbocycles. The van der Waals surface area contributed by atoms with Crippen molar-refractivity contribution < 1.29 is 4.79 Å². The molecule has 0 saturated heterocycles. The van der Waals surface area contributed by atoms with Crippen LogP contribution in [-0.4, -0.2) is 46.6 Å². The summed E-state index contributed by atoms with van der Waals surface area (Å²) in [5.74, 6) is 0.458. The van der Waals surface area contributed by atoms with Crippen molar-refractivity contribution in [2.75, 3.05) is 20.6 Å². The van der Waals surface area contributed by atoms with Crippen LogP contribution in [0.5, 0.6) is 0 Å². The number of aromatic amines is 2. The number of carbonyl (C=O) groups excluding carboxylic acids is 1. The molecular formula is C15H21N5O2. The lowest BCUT2D eigenvalue weighted by Crippen LogP contribution is -2.38. The van der Waals surface area contributed by atoms with Gasteiger partial charge in [0.05, 0.1) is 0 Å². The van der Waals surface area contributed by atoms with Crippen molar-refractivity contribution in [3.63, 3.8) is 0 Å². The minimum absolute atomic E-state index is 0.0721. The zero-order chi connectivity index (χ0) is 16.1. The van der Waals surface area contributed by atoms with Crippen LogP contribution in [0.3, 0.4) is 0 Å². The molecule has 1 heterocycles. The molecule has 0 radical (unpaired) electrons. The Labute approximate surface area is 128 Å². The van der Waals surface area contributed by atoms with E-state index in [-0.39, 0.29) is 17.6 Å². The molecule has 7 nitrogen and oxygen atoms in total. The monoisotopic (exact) mass is 303 g/mol. The van der Waals surface area contributed by atoms with Gasteiger partial charge in [0.2, 0.25) is 5.91 Å². The number of carbonyl (C=O) groups is 1. The largest absolute Gasteiger partial charge is 0.354 e. The standard InChI is InChI=1S/C15H21N5O2/c1-10-6-4-5-7-11(10)13(20(2)3)14(21)16-9-8-12-17-15(22)19-18-12/h4-7,13H,8-9H2,1-3H3,(H,16,21)(H2,17,18,19,22). The first-order chi connectivity index (χ1) is 10.5. The van der Waals surface area contributed by atoms with E-state index in [1.54, 1.807) is 0 Å². The summed E-state index contributed by atoms with van der Waals surface area (Å²) >= 11 is 0. The van der Waals surface area contributed by atoms with Gasteiger partial charge in [-0.05, 0) is 32.1 Å². The van der Waals surface area contributed by atoms with Gasteiger partial charge in [-0.3, -0.25) is 14.7 Å². The van der Waals surface area contributed by atoms with Crippen LogP contribution in [0.2, 0.25) is 0 Å². The van der Waals surface area contributed by atoms with Crippen LogP contribution in [0.1, 0.15) is 23.0 Å². The van der Waals surface area contributed by atoms with Crippen molar-refractivity contribution in [3.05, 3.63) is 51.7 Å². The maximum absolute atomic E-state index is 12.5. The van der Waals surface area contributed by atoms with E-state index in [4.69, 9.17) is 0 Å². The van der Waals surface area contributed by atoms with Crippen LogP contribution >= 0.6 is 0 Å². The highest BCUT2D eigenvalue weighted by molar-refractivity contribution is 5.83. The van der Waals surface area contributed by atoms with Crippen molar-refractivity contribution in [2.45, 2.75) is 19.4 Å². The van der Waals surface area contributed by atoms with Gasteiger partial charge in [0, 0.05) is 13.0 Å². The lowest BCUT2D eigenvalue weighted by molar-refractivity contribution is -0.125. The summed E-state index contributed by atoms with van der Waals surface area (Å²) in [6.07, 6.45) is 0.471. The van der Waals surface area contributed by atoms with Crippen LogP contribution in [0.4, 0.5) is 0 Å². The third-order valence-corrected chi connectivity index (χ3v) is 3.46. The first-order valence-electron chi connectivity index (χ1n) is 7.12. The number of H-pyrrole nitrogens is 2. The molecule has 2 aromatic rings. The lowest BCUT2D eigenvalue weighted by Gasteiger charge is -2.25. The van der Waals surface area contributed by atoms with Crippen molar-refractivity contribution in [2.24, 2.45) is 0 Å². The number of aromatic nitrogens is 3. The van der Waals surface area contributed by atoms with E-state index < -0.39 is 0 Å². The fraction of sp³-hybridized carbons (Fsp3) is 0.400. The van der Waals surface area contributed by atoms with E-state index in [0.29, 0.717) is 18.8 Å². The Kier molecular flexibility index (Phi) is 5.11. The van der Waals surface area contributed by atoms with Crippen molar-refractivity contribution >= 4 is 5.91 Å². The number of likely N-dealkylation sites (N-methyl/N-ethyl adjacent to an activating group) is 1. The quantitative estimate of drug-likeness (QED) is 0.718. The van der Waals surface area contributed by atoms with Crippen LogP contribution in [0, 0.1) is 6.92 Å². The zero-order valence-electron chi connectivity index (χ0n) is 13.0. The van der Waals surface area contributed by atoms with Gasteiger partial charge in [0.25, 0.3) is 0 Å². The molecule has 0 saturated carbocycles. The summed E-state index contributed by atoms with van der Waals surface area (Å²) in [4.78, 5) is 27.9. The Balaban J connectivity index is 2.01. The van der Waals surface area contributed by atoms with Gasteiger partial charge < -0.3 is 5.32 Å². The number of hydrogen-bond acceptors (Lipinski definition) is 4. The highest BCUT2D eigenvalue weighted by Crippen LogP contribution is 2.21. The number of hydrogen-bond donors (Lipinski definition) is 3. The molecule has 1 atom stereocenters. The maximum atomic E-state index is 12.5. The second-order valence-electron chi connectivity index (χ2n) is 5.39. The van der Waals surface area contributed by atoms with Crippen molar-refractivity contribution in [1.82, 2.24) is 25.4 Å². The number of amides is 1. The van der Waals surface area contributed by atoms with Gasteiger partial charge >= 0.3 is 5.69 Å². The van der Waals surface area contributed by atoms with E-state index >= 15 is 0 Å². The first-order valence-corrected chi connectivity index (χ1v) is 7.12. The van der Waals surface area contributed by atoms with Crippen LogP contribution in [-0.2, 0) is 11.2 Å². The summed E-state index contributed by atoms with van der Waals surface area (Å²) in [5, 5.41) is 9.00. The molecule has 0 aliphatic carbocycles. The molecule has 7 heteroatoms. The van der Waals surface area contributed by atoms with E-state index in [0.717, 1.165) is 11.1 Å². The van der Waals surface area contributed by atoms with Crippen molar-refractivity contribution in [3.8, 4) is 0 Å². The van der Waals surface area contributed by atoms with Gasteiger partial charge in [-0.15, -0.1) is 0 Å². The molecule has 118 valence electrons. The van der Waals surface area contributed by atoms with Gasteiger partial charge in [-0.2, -0.15) is 5.10 Å². The average molecular weight is 303 g/mol. The SMILES string of the molecule is Cc1ccccc1C(C(=O)NCCc1n[nH]c(=O)[nH]1)N(C)C. The third-order valence-electron chi connectivity index (χ3n) is 3.46. The Hall–Kier alpha value is -2.41. The topological polar surface area (TPSA) is 93.9 Å². The molecule has 2 rings (SSSR count). The summed E-state index contributed by atoms with van der Waals surface area (Å²) in [7, 11) is 3.75. The smallest absolute Gasteiger partial charge is 0.340 e. The first kappa shape index (κ1) is 16.0. The Morgan fingerprint density at radius 2 is 2.09 bits per heavy atom. The van der Waals surface area contributed by atoms with E-state index in [1.807, 2.05) is 50.2 Å². The number of rotatable bonds is 6. The Bertz CT molecular complexity index is 689. The zero-order valence-corrected chi connectivity index (χ0v) is 13.0. The number of aryl methyl sites for hydroxylation is 1. The molecule has 1 unspecified atom stereocenters. The normalized spacial score (nSPS) is 12.4. The molecule has 22 heavy (non-hydrogen) atoms. The molecule has 0 aliphatic rings. The fourth-order valence-electron chi connectivity index (χ4n) is 2.37. The minimum atomic E-state index is -0.348. The number of nitrogens with zero attached hydrogens (tertiary/aromatic N) is 2. The summed E-state index contributed by atoms with van der Waals surface area (Å²) in [5.41, 5.74) is 1.72. The molecule has 0 aliphatic heterocycles. The minimum Gasteiger partial charge on any atom is -0.354 e. The van der Waals surface area contributed by atoms with Gasteiger partial charge in [0.1, 0.15) is 11.9 Å². The predicted molar refractivity (Wildman–Crippen MR) is 83.5 cm³/mol. The molecule has 0 spiro atoms. The van der Waals surface area contributed by atoms with Gasteiger partial charge in [-0.25, -0.2) is 9.89 Å². The van der Waals surface area contributed by atoms with E-state index in [1.165, 1.54) is 0 Å². The van der Waals surface area contributed by atoms with Crippen LogP contribution in [0.25, 0.3) is 0 Å². The predicted octanol–water partition coefficient (Wildman–Crippen LogP) is 0.368. The summed E-state index contributed by atoms with van der Waals surface area (Å²) in [6.45, 7) is 2.41. The Morgan fingerprint density at radius 1 is 1.36 bits per heavy atom. The van der Waals surface area contributed by atoms with E-state index in [2.05, 4.69) is 20.5 Å². The van der Waals surface area contributed by atoms with Gasteiger partial charge in [0.15, 0.2) is 0 Å². The second kappa shape index (κ2) is 7.04. The highest BCUT2D eigenvalue weighted by atomic mass is 16.2. The molecule has 1 aromatic heterocycles. The average Bonchev–Trinajstić information content (AvgIpc) is 2.86. The molecule has 1 amide bonds. The molecule has 3 N–H and O–H groups in total. The highest BCUT2D eigenvalue weighted by Gasteiger charge is 2.23. The molecule has 0 fully saturated rings. The summed E-state index contributed by atoms with van der Waals surface area (Å²) < 4.78 is 0. The van der Waals surface area contributed by atoms with E-state index in [9.17, 15) is 9.59 Å². The fourth-order valence-corrected chi connectivity index (χ4v) is 2.37. The molecular weight excluding hydrogens is 282 g/mol. The maximum Gasteiger partial charge on any atom is 0.340 e. The third kappa shape index (κ3) is 3.82. The molecule has 0 bridgehead atoms. The second-order valence-corrected chi connectivity index (χ2v) is 5.39. The van der Waals surface area contributed by atoms with Crippen molar-refractivity contribution in [1.29, 1.82) is 0 Å². The number of nitrogens with one attached hydrogen (secondary N) is 3. The number of benzene rings is 1. The van der Waals surface area contributed by atoms with Crippen LogP contribution in [0.15, 0.2) is 29.1 Å². The van der Waals surface area contributed by atoms with Crippen LogP contribution < -0.4 is 11.0 Å². The Morgan fingerprint density at radius 3 is 2.68 bits per heavy atom. The lowest BCUT2D eigenvalue weighted by atomic mass is 10.00. The summed E-state index contributed by atoms with van der Waals surface area (Å²) in [6, 6.07) is 7.50.